The highest BCUT2D eigenvalue weighted by Gasteiger charge is 2.37. The number of hydrogen-bond donors (Lipinski definition) is 0. The molecule has 2 aromatic carbocycles. The van der Waals surface area contributed by atoms with E-state index < -0.39 is 0 Å². The molecule has 2 nitrogen and oxygen atoms in total. The first-order valence-electron chi connectivity index (χ1n) is 8.33. The molecule has 2 atom stereocenters. The predicted molar refractivity (Wildman–Crippen MR) is 97.1 cm³/mol. The van der Waals surface area contributed by atoms with Crippen molar-refractivity contribution in [1.29, 1.82) is 0 Å². The van der Waals surface area contributed by atoms with Crippen molar-refractivity contribution in [3.63, 3.8) is 0 Å². The fourth-order valence-corrected chi connectivity index (χ4v) is 3.68. The van der Waals surface area contributed by atoms with Gasteiger partial charge in [0.05, 0.1) is 5.69 Å². The first-order valence-corrected chi connectivity index (χ1v) is 8.33. The smallest absolute Gasteiger partial charge is 0.224 e. The summed E-state index contributed by atoms with van der Waals surface area (Å²) in [4.78, 5) is 14.3. The molecule has 1 heterocycles. The van der Waals surface area contributed by atoms with Gasteiger partial charge >= 0.3 is 0 Å². The molecule has 0 N–H and O–H groups in total. The van der Waals surface area contributed by atoms with Crippen LogP contribution in [-0.2, 0) is 4.79 Å². The third-order valence-electron chi connectivity index (χ3n) is 5.30. The summed E-state index contributed by atoms with van der Waals surface area (Å²) in [6.45, 7) is 12.4. The Morgan fingerprint density at radius 2 is 1.70 bits per heavy atom. The molecule has 1 aliphatic rings. The number of fused-ring (bicyclic) bond motifs is 1. The fraction of sp³-hybridized carbons (Fsp3) is 0.381. The van der Waals surface area contributed by atoms with E-state index in [-0.39, 0.29) is 11.9 Å². The maximum Gasteiger partial charge on any atom is 0.224 e. The van der Waals surface area contributed by atoms with Crippen LogP contribution in [0.25, 0.3) is 11.1 Å². The highest BCUT2D eigenvalue weighted by molar-refractivity contribution is 6.00. The Hall–Kier alpha value is -2.09. The van der Waals surface area contributed by atoms with Crippen LogP contribution in [0, 0.1) is 20.8 Å². The van der Waals surface area contributed by atoms with Crippen molar-refractivity contribution >= 4 is 11.6 Å². The Kier molecular flexibility index (Phi) is 3.79. The second kappa shape index (κ2) is 5.52. The molecule has 0 saturated heterocycles. The highest BCUT2D eigenvalue weighted by Crippen LogP contribution is 2.47. The molecule has 1 aliphatic heterocycles. The molecule has 0 aliphatic carbocycles. The van der Waals surface area contributed by atoms with Crippen molar-refractivity contribution in [2.45, 2.75) is 53.5 Å². The van der Waals surface area contributed by atoms with E-state index in [1.54, 1.807) is 6.92 Å². The van der Waals surface area contributed by atoms with E-state index in [9.17, 15) is 4.79 Å². The molecule has 0 unspecified atom stereocenters. The zero-order valence-electron chi connectivity index (χ0n) is 14.9. The largest absolute Gasteiger partial charge is 0.308 e. The number of nitrogens with zero attached hydrogens (tertiary/aromatic N) is 1. The van der Waals surface area contributed by atoms with E-state index in [0.29, 0.717) is 5.92 Å². The zero-order valence-corrected chi connectivity index (χ0v) is 14.9. The molecule has 0 radical (unpaired) electrons. The molecule has 0 spiro atoms. The third-order valence-corrected chi connectivity index (χ3v) is 5.30. The molecular weight excluding hydrogens is 282 g/mol. The quantitative estimate of drug-likeness (QED) is 0.714. The molecule has 0 bridgehead atoms. The highest BCUT2D eigenvalue weighted by atomic mass is 16.2. The number of amides is 1. The van der Waals surface area contributed by atoms with Gasteiger partial charge < -0.3 is 4.90 Å². The third kappa shape index (κ3) is 2.46. The topological polar surface area (TPSA) is 20.3 Å². The van der Waals surface area contributed by atoms with E-state index in [4.69, 9.17) is 0 Å². The number of carbonyl (C=O) groups is 1. The van der Waals surface area contributed by atoms with Gasteiger partial charge in [0.25, 0.3) is 0 Å². The molecule has 23 heavy (non-hydrogen) atoms. The van der Waals surface area contributed by atoms with Crippen molar-refractivity contribution in [3.05, 3.63) is 52.6 Å². The van der Waals surface area contributed by atoms with Crippen molar-refractivity contribution in [1.82, 2.24) is 0 Å². The van der Waals surface area contributed by atoms with E-state index >= 15 is 0 Å². The Morgan fingerprint density at radius 1 is 1.00 bits per heavy atom. The first kappa shape index (κ1) is 15.8. The van der Waals surface area contributed by atoms with Crippen LogP contribution in [0.4, 0.5) is 5.69 Å². The van der Waals surface area contributed by atoms with Gasteiger partial charge in [0.2, 0.25) is 5.91 Å². The summed E-state index contributed by atoms with van der Waals surface area (Å²) >= 11 is 0. The fourth-order valence-electron chi connectivity index (χ4n) is 3.68. The van der Waals surface area contributed by atoms with Gasteiger partial charge in [-0.25, -0.2) is 0 Å². The van der Waals surface area contributed by atoms with Crippen molar-refractivity contribution in [2.24, 2.45) is 0 Å². The standard InChI is InChI=1S/C21H25NO/c1-12-9-19-15(4)16(5)22(17(6)23)21(19)20(10-12)18-8-7-13(2)14(3)11-18/h7-11,15-16H,1-6H3/t15-,16-/m0/s1. The molecule has 120 valence electrons. The number of hydrogen-bond acceptors (Lipinski definition) is 1. The predicted octanol–water partition coefficient (Wildman–Crippen LogP) is 5.14. The lowest BCUT2D eigenvalue weighted by atomic mass is 9.92. The molecule has 2 aromatic rings. The second-order valence-corrected chi connectivity index (χ2v) is 6.97. The van der Waals surface area contributed by atoms with E-state index in [0.717, 1.165) is 5.69 Å². The maximum atomic E-state index is 12.3. The van der Waals surface area contributed by atoms with Crippen molar-refractivity contribution in [2.75, 3.05) is 4.90 Å². The average Bonchev–Trinajstić information content (AvgIpc) is 2.74. The Balaban J connectivity index is 2.29. The number of aryl methyl sites for hydroxylation is 3. The number of anilines is 1. The van der Waals surface area contributed by atoms with Gasteiger partial charge in [-0.2, -0.15) is 0 Å². The Bertz CT molecular complexity index is 791. The van der Waals surface area contributed by atoms with E-state index in [1.165, 1.54) is 33.4 Å². The SMILES string of the molecule is CC(=O)N1c2c(-c3ccc(C)c(C)c3)cc(C)cc2[C@@H](C)[C@@H]1C. The summed E-state index contributed by atoms with van der Waals surface area (Å²) in [5, 5.41) is 0. The van der Waals surface area contributed by atoms with Crippen LogP contribution in [0.3, 0.4) is 0 Å². The molecular formula is C21H25NO. The van der Waals surface area contributed by atoms with Gasteiger partial charge in [0, 0.05) is 24.4 Å². The van der Waals surface area contributed by atoms with Gasteiger partial charge in [-0.1, -0.05) is 36.8 Å². The lowest BCUT2D eigenvalue weighted by Gasteiger charge is -2.24. The molecule has 3 rings (SSSR count). The van der Waals surface area contributed by atoms with Gasteiger partial charge in [-0.05, 0) is 56.0 Å². The van der Waals surface area contributed by atoms with Crippen LogP contribution >= 0.6 is 0 Å². The number of carbonyl (C=O) groups excluding carboxylic acids is 1. The summed E-state index contributed by atoms with van der Waals surface area (Å²) < 4.78 is 0. The summed E-state index contributed by atoms with van der Waals surface area (Å²) in [6, 6.07) is 11.2. The zero-order chi connectivity index (χ0) is 16.9. The average molecular weight is 307 g/mol. The molecule has 0 saturated carbocycles. The van der Waals surface area contributed by atoms with E-state index in [2.05, 4.69) is 65.0 Å². The van der Waals surface area contributed by atoms with Gasteiger partial charge in [0.1, 0.15) is 0 Å². The lowest BCUT2D eigenvalue weighted by Crippen LogP contribution is -2.35. The molecule has 0 fully saturated rings. The Labute approximate surface area is 139 Å². The molecule has 2 heteroatoms. The van der Waals surface area contributed by atoms with Crippen LogP contribution in [0.5, 0.6) is 0 Å². The molecule has 0 aromatic heterocycles. The second-order valence-electron chi connectivity index (χ2n) is 6.97. The van der Waals surface area contributed by atoms with Crippen LogP contribution in [-0.4, -0.2) is 11.9 Å². The van der Waals surface area contributed by atoms with Gasteiger partial charge in [-0.3, -0.25) is 4.79 Å². The minimum atomic E-state index is 0.122. The molecule has 1 amide bonds. The van der Waals surface area contributed by atoms with Crippen molar-refractivity contribution < 1.29 is 4.79 Å². The summed E-state index contributed by atoms with van der Waals surface area (Å²) in [7, 11) is 0. The number of benzene rings is 2. The normalized spacial score (nSPS) is 19.8. The van der Waals surface area contributed by atoms with Gasteiger partial charge in [-0.15, -0.1) is 0 Å². The van der Waals surface area contributed by atoms with Crippen LogP contribution in [0.1, 0.15) is 48.9 Å². The summed E-state index contributed by atoms with van der Waals surface area (Å²) in [5.41, 5.74) is 8.60. The summed E-state index contributed by atoms with van der Waals surface area (Å²) in [6.07, 6.45) is 0. The van der Waals surface area contributed by atoms with E-state index in [1.807, 2.05) is 4.90 Å². The maximum absolute atomic E-state index is 12.3. The monoisotopic (exact) mass is 307 g/mol. The minimum absolute atomic E-state index is 0.122. The van der Waals surface area contributed by atoms with Crippen LogP contribution < -0.4 is 4.90 Å². The number of rotatable bonds is 1. The lowest BCUT2D eigenvalue weighted by molar-refractivity contribution is -0.116. The van der Waals surface area contributed by atoms with Crippen LogP contribution in [0.2, 0.25) is 0 Å². The summed E-state index contributed by atoms with van der Waals surface area (Å²) in [5.74, 6) is 0.483. The minimum Gasteiger partial charge on any atom is -0.308 e. The van der Waals surface area contributed by atoms with Crippen molar-refractivity contribution in [3.8, 4) is 11.1 Å². The first-order chi connectivity index (χ1) is 10.8. The Morgan fingerprint density at radius 3 is 2.30 bits per heavy atom. The van der Waals surface area contributed by atoms with Gasteiger partial charge in [0.15, 0.2) is 0 Å². The van der Waals surface area contributed by atoms with Crippen LogP contribution in [0.15, 0.2) is 30.3 Å².